The summed E-state index contributed by atoms with van der Waals surface area (Å²) in [6.45, 7) is 0.178. The van der Waals surface area contributed by atoms with Crippen LogP contribution in [0.4, 0.5) is 0 Å². The van der Waals surface area contributed by atoms with Gasteiger partial charge in [0, 0.05) is 12.0 Å². The van der Waals surface area contributed by atoms with Crippen LogP contribution in [0.15, 0.2) is 11.9 Å². The second kappa shape index (κ2) is 5.72. The summed E-state index contributed by atoms with van der Waals surface area (Å²) in [5.41, 5.74) is 0. The lowest BCUT2D eigenvalue weighted by atomic mass is 10.1. The number of rotatable bonds is 5. The molecule has 0 radical (unpaired) electrons. The van der Waals surface area contributed by atoms with Gasteiger partial charge in [-0.15, -0.1) is 0 Å². The maximum Gasteiger partial charge on any atom is 0.247 e. The molecule has 1 aliphatic heterocycles. The SMILES string of the molecule is O=C1N/C(=C\C=S)NC1CCCCO. The Balaban J connectivity index is 2.37. The van der Waals surface area contributed by atoms with Crippen LogP contribution in [-0.2, 0) is 4.79 Å². The molecular formula is C9H14N2O2S. The van der Waals surface area contributed by atoms with Gasteiger partial charge in [-0.2, -0.15) is 0 Å². The molecule has 14 heavy (non-hydrogen) atoms. The first-order valence-electron chi connectivity index (χ1n) is 4.61. The minimum atomic E-state index is -0.178. The van der Waals surface area contributed by atoms with Crippen LogP contribution in [0.5, 0.6) is 0 Å². The molecule has 0 aromatic rings. The van der Waals surface area contributed by atoms with Crippen molar-refractivity contribution in [3.63, 3.8) is 0 Å². The van der Waals surface area contributed by atoms with Crippen LogP contribution >= 0.6 is 12.2 Å². The summed E-state index contributed by atoms with van der Waals surface area (Å²) in [6, 6.07) is -0.178. The molecule has 0 aromatic heterocycles. The zero-order chi connectivity index (χ0) is 10.4. The van der Waals surface area contributed by atoms with Crippen LogP contribution < -0.4 is 10.6 Å². The number of amides is 1. The summed E-state index contributed by atoms with van der Waals surface area (Å²) in [5.74, 6) is 0.644. The average Bonchev–Trinajstić information content (AvgIpc) is 2.48. The van der Waals surface area contributed by atoms with Crippen LogP contribution in [0, 0.1) is 0 Å². The van der Waals surface area contributed by atoms with Crippen LogP contribution in [-0.4, -0.2) is 29.0 Å². The second-order valence-electron chi connectivity index (χ2n) is 3.12. The quantitative estimate of drug-likeness (QED) is 0.344. The van der Waals surface area contributed by atoms with Crippen molar-refractivity contribution in [1.82, 2.24) is 10.6 Å². The lowest BCUT2D eigenvalue weighted by Crippen LogP contribution is -2.27. The minimum absolute atomic E-state index is 0.0222. The molecule has 0 bridgehead atoms. The van der Waals surface area contributed by atoms with Crippen molar-refractivity contribution in [2.24, 2.45) is 0 Å². The Morgan fingerprint density at radius 1 is 1.50 bits per heavy atom. The van der Waals surface area contributed by atoms with E-state index in [1.54, 1.807) is 6.08 Å². The first kappa shape index (κ1) is 11.1. The Kier molecular flexibility index (Phi) is 4.55. The first-order valence-corrected chi connectivity index (χ1v) is 5.09. The predicted molar refractivity (Wildman–Crippen MR) is 57.7 cm³/mol. The molecule has 0 aromatic carbocycles. The lowest BCUT2D eigenvalue weighted by Gasteiger charge is -2.06. The van der Waals surface area contributed by atoms with Crippen molar-refractivity contribution in [3.8, 4) is 0 Å². The van der Waals surface area contributed by atoms with E-state index in [2.05, 4.69) is 22.9 Å². The van der Waals surface area contributed by atoms with Gasteiger partial charge < -0.3 is 15.7 Å². The molecule has 3 N–H and O–H groups in total. The molecule has 1 atom stereocenters. The van der Waals surface area contributed by atoms with E-state index in [0.717, 1.165) is 19.3 Å². The van der Waals surface area contributed by atoms with Gasteiger partial charge in [0.1, 0.15) is 11.9 Å². The number of hydrogen-bond acceptors (Lipinski definition) is 4. The largest absolute Gasteiger partial charge is 0.396 e. The van der Waals surface area contributed by atoms with E-state index in [9.17, 15) is 4.79 Å². The van der Waals surface area contributed by atoms with Crippen LogP contribution in [0.2, 0.25) is 0 Å². The summed E-state index contributed by atoms with van der Waals surface area (Å²) in [7, 11) is 0. The number of aliphatic hydroxyl groups excluding tert-OH is 1. The van der Waals surface area contributed by atoms with Gasteiger partial charge in [-0.1, -0.05) is 12.2 Å². The maximum atomic E-state index is 11.3. The molecule has 1 rings (SSSR count). The van der Waals surface area contributed by atoms with E-state index in [4.69, 9.17) is 5.11 Å². The van der Waals surface area contributed by atoms with E-state index >= 15 is 0 Å². The number of nitrogens with one attached hydrogen (secondary N) is 2. The number of carbonyl (C=O) groups excluding carboxylic acids is 1. The van der Waals surface area contributed by atoms with Crippen LogP contribution in [0.25, 0.3) is 0 Å². The molecule has 0 aliphatic carbocycles. The molecule has 4 nitrogen and oxygen atoms in total. The Morgan fingerprint density at radius 3 is 2.93 bits per heavy atom. The highest BCUT2D eigenvalue weighted by Crippen LogP contribution is 2.07. The fourth-order valence-electron chi connectivity index (χ4n) is 1.33. The van der Waals surface area contributed by atoms with E-state index in [1.165, 1.54) is 5.37 Å². The summed E-state index contributed by atoms with van der Waals surface area (Å²) in [5, 5.41) is 15.8. The molecule has 5 heteroatoms. The van der Waals surface area contributed by atoms with Gasteiger partial charge in [0.25, 0.3) is 0 Å². The Morgan fingerprint density at radius 2 is 2.29 bits per heavy atom. The van der Waals surface area contributed by atoms with Gasteiger partial charge >= 0.3 is 0 Å². The normalized spacial score (nSPS) is 23.4. The number of aliphatic hydroxyl groups is 1. The predicted octanol–water partition coefficient (Wildman–Crippen LogP) is 0.0781. The zero-order valence-electron chi connectivity index (χ0n) is 7.82. The van der Waals surface area contributed by atoms with Gasteiger partial charge in [0.2, 0.25) is 5.91 Å². The van der Waals surface area contributed by atoms with E-state index in [0.29, 0.717) is 5.82 Å². The molecule has 1 amide bonds. The molecule has 0 spiro atoms. The van der Waals surface area contributed by atoms with Crippen molar-refractivity contribution in [3.05, 3.63) is 11.9 Å². The number of unbranched alkanes of at least 4 members (excludes halogenated alkanes) is 1. The molecular weight excluding hydrogens is 200 g/mol. The van der Waals surface area contributed by atoms with Crippen LogP contribution in [0.3, 0.4) is 0 Å². The summed E-state index contributed by atoms with van der Waals surface area (Å²) >= 11 is 4.65. The van der Waals surface area contributed by atoms with Crippen molar-refractivity contribution in [2.75, 3.05) is 6.61 Å². The number of hydrogen-bond donors (Lipinski definition) is 3. The van der Waals surface area contributed by atoms with Crippen molar-refractivity contribution < 1.29 is 9.90 Å². The van der Waals surface area contributed by atoms with Gasteiger partial charge in [0.15, 0.2) is 0 Å². The maximum absolute atomic E-state index is 11.3. The number of thiocarbonyl (C=S) groups is 1. The summed E-state index contributed by atoms with van der Waals surface area (Å²) < 4.78 is 0. The Labute approximate surface area is 88.4 Å². The molecule has 1 saturated heterocycles. The third-order valence-corrected chi connectivity index (χ3v) is 2.18. The molecule has 1 unspecified atom stereocenters. The molecule has 1 fully saturated rings. The Bertz CT molecular complexity index is 253. The van der Waals surface area contributed by atoms with Crippen molar-refractivity contribution >= 4 is 23.5 Å². The van der Waals surface area contributed by atoms with Gasteiger partial charge in [-0.25, -0.2) is 0 Å². The Hall–Kier alpha value is -0.940. The standard InChI is InChI=1S/C9H14N2O2S/c12-5-2-1-3-7-9(13)11-8(10-7)4-6-14/h4,6-7,10,12H,1-3,5H2,(H,11,13)/b8-4-. The third kappa shape index (κ3) is 3.08. The smallest absolute Gasteiger partial charge is 0.247 e. The van der Waals surface area contributed by atoms with E-state index in [-0.39, 0.29) is 18.6 Å². The lowest BCUT2D eigenvalue weighted by molar-refractivity contribution is -0.120. The molecule has 1 heterocycles. The third-order valence-electron chi connectivity index (χ3n) is 2.04. The van der Waals surface area contributed by atoms with Gasteiger partial charge in [0.05, 0.1) is 0 Å². The molecule has 0 saturated carbocycles. The highest BCUT2D eigenvalue weighted by atomic mass is 32.1. The van der Waals surface area contributed by atoms with Gasteiger partial charge in [-0.05, 0) is 25.3 Å². The number of allylic oxidation sites excluding steroid dienone is 1. The highest BCUT2D eigenvalue weighted by molar-refractivity contribution is 7.79. The minimum Gasteiger partial charge on any atom is -0.396 e. The van der Waals surface area contributed by atoms with Crippen LogP contribution in [0.1, 0.15) is 19.3 Å². The first-order chi connectivity index (χ1) is 6.77. The zero-order valence-corrected chi connectivity index (χ0v) is 8.64. The highest BCUT2D eigenvalue weighted by Gasteiger charge is 2.25. The molecule has 1 aliphatic rings. The monoisotopic (exact) mass is 214 g/mol. The van der Waals surface area contributed by atoms with E-state index < -0.39 is 0 Å². The van der Waals surface area contributed by atoms with Crippen molar-refractivity contribution in [2.45, 2.75) is 25.3 Å². The van der Waals surface area contributed by atoms with Crippen molar-refractivity contribution in [1.29, 1.82) is 0 Å². The molecule has 78 valence electrons. The summed E-state index contributed by atoms with van der Waals surface area (Å²) in [6.07, 6.45) is 3.96. The topological polar surface area (TPSA) is 61.4 Å². The van der Waals surface area contributed by atoms with Gasteiger partial charge in [-0.3, -0.25) is 4.79 Å². The number of carbonyl (C=O) groups is 1. The fraction of sp³-hybridized carbons (Fsp3) is 0.556. The second-order valence-corrected chi connectivity index (χ2v) is 3.39. The summed E-state index contributed by atoms with van der Waals surface area (Å²) in [4.78, 5) is 11.3. The van der Waals surface area contributed by atoms with E-state index in [1.807, 2.05) is 0 Å². The average molecular weight is 214 g/mol. The fourth-order valence-corrected chi connectivity index (χ4v) is 1.47.